The highest BCUT2D eigenvalue weighted by atomic mass is 16.6. The SMILES string of the molecule is CC/C=C\C/C=C\C/C=C\C/C=C\C/C=C\CCOCC(COC(=O)CCCCCCC/C=C\CCCCCC)OC(=O)CCCCCCC. The summed E-state index contributed by atoms with van der Waals surface area (Å²) in [6, 6.07) is 0. The predicted molar refractivity (Wildman–Crippen MR) is 214 cm³/mol. The molecule has 0 saturated carbocycles. The summed E-state index contributed by atoms with van der Waals surface area (Å²) in [6.45, 7) is 7.38. The lowest BCUT2D eigenvalue weighted by molar-refractivity contribution is -0.162. The third-order valence-electron chi connectivity index (χ3n) is 8.25. The van der Waals surface area contributed by atoms with Crippen molar-refractivity contribution in [2.75, 3.05) is 19.8 Å². The van der Waals surface area contributed by atoms with Crippen molar-refractivity contribution in [1.82, 2.24) is 0 Å². The molecule has 0 aliphatic heterocycles. The van der Waals surface area contributed by atoms with Crippen LogP contribution in [0.15, 0.2) is 72.9 Å². The highest BCUT2D eigenvalue weighted by Gasteiger charge is 2.17. The second-order valence-corrected chi connectivity index (χ2v) is 13.2. The molecular weight excluding hydrogens is 620 g/mol. The van der Waals surface area contributed by atoms with Gasteiger partial charge in [-0.2, -0.15) is 0 Å². The zero-order chi connectivity index (χ0) is 36.4. The Bertz CT molecular complexity index is 926. The lowest BCUT2D eigenvalue weighted by Gasteiger charge is -2.18. The largest absolute Gasteiger partial charge is 0.462 e. The maximum Gasteiger partial charge on any atom is 0.306 e. The first-order valence-electron chi connectivity index (χ1n) is 20.5. The summed E-state index contributed by atoms with van der Waals surface area (Å²) in [5.74, 6) is -0.467. The highest BCUT2D eigenvalue weighted by Crippen LogP contribution is 2.11. The van der Waals surface area contributed by atoms with Gasteiger partial charge in [-0.1, -0.05) is 158 Å². The number of hydrogen-bond acceptors (Lipinski definition) is 5. The maximum atomic E-state index is 12.5. The number of allylic oxidation sites excluding steroid dienone is 11. The molecule has 0 heterocycles. The topological polar surface area (TPSA) is 61.8 Å². The Morgan fingerprint density at radius 1 is 0.460 bits per heavy atom. The lowest BCUT2D eigenvalue weighted by Crippen LogP contribution is -2.30. The second-order valence-electron chi connectivity index (χ2n) is 13.2. The Kier molecular flexibility index (Phi) is 38.6. The monoisotopic (exact) mass is 697 g/mol. The fraction of sp³-hybridized carbons (Fsp3) is 0.689. The molecule has 0 bridgehead atoms. The van der Waals surface area contributed by atoms with E-state index in [4.69, 9.17) is 14.2 Å². The van der Waals surface area contributed by atoms with Gasteiger partial charge in [-0.25, -0.2) is 0 Å². The van der Waals surface area contributed by atoms with Gasteiger partial charge in [-0.05, 0) is 77.0 Å². The minimum Gasteiger partial charge on any atom is -0.462 e. The van der Waals surface area contributed by atoms with Gasteiger partial charge >= 0.3 is 11.9 Å². The molecule has 1 atom stereocenters. The van der Waals surface area contributed by atoms with Gasteiger partial charge in [0.05, 0.1) is 13.2 Å². The van der Waals surface area contributed by atoms with Crippen LogP contribution in [0.2, 0.25) is 0 Å². The molecule has 0 N–H and O–H groups in total. The van der Waals surface area contributed by atoms with Gasteiger partial charge in [0.1, 0.15) is 6.61 Å². The molecule has 0 rings (SSSR count). The zero-order valence-corrected chi connectivity index (χ0v) is 32.6. The highest BCUT2D eigenvalue weighted by molar-refractivity contribution is 5.70. The number of unbranched alkanes of at least 4 members (excludes halogenated alkanes) is 13. The third-order valence-corrected chi connectivity index (χ3v) is 8.25. The van der Waals surface area contributed by atoms with Gasteiger partial charge in [0, 0.05) is 12.8 Å². The molecule has 0 aliphatic carbocycles. The van der Waals surface area contributed by atoms with Crippen LogP contribution in [0.1, 0.15) is 175 Å². The summed E-state index contributed by atoms with van der Waals surface area (Å²) < 4.78 is 17.0. The molecule has 286 valence electrons. The van der Waals surface area contributed by atoms with Crippen LogP contribution in [0, 0.1) is 0 Å². The van der Waals surface area contributed by atoms with Crippen LogP contribution in [-0.4, -0.2) is 37.9 Å². The standard InChI is InChI=1S/C45H76O5/c1-4-7-10-13-15-17-19-21-22-23-25-27-29-31-34-37-40-48-41-43(50-45(47)39-36-32-12-9-6-3)42-49-44(46)38-35-33-30-28-26-24-20-18-16-14-11-8-5-2/h7,10,15,17-18,20-22,25,27,31,34,43H,4-6,8-9,11-14,16,19,23-24,26,28-30,32-33,35-42H2,1-3H3/b10-7-,17-15-,20-18-,22-21-,27-25-,34-31-. The molecule has 0 saturated heterocycles. The fourth-order valence-electron chi connectivity index (χ4n) is 5.21. The van der Waals surface area contributed by atoms with Gasteiger partial charge in [0.2, 0.25) is 0 Å². The Balaban J connectivity index is 4.25. The summed E-state index contributed by atoms with van der Waals surface area (Å²) in [4.78, 5) is 24.9. The van der Waals surface area contributed by atoms with Crippen molar-refractivity contribution in [3.05, 3.63) is 72.9 Å². The Hall–Kier alpha value is -2.66. The van der Waals surface area contributed by atoms with Crippen LogP contribution >= 0.6 is 0 Å². The first kappa shape index (κ1) is 47.3. The average Bonchev–Trinajstić information content (AvgIpc) is 3.11. The van der Waals surface area contributed by atoms with Gasteiger partial charge in [0.15, 0.2) is 6.10 Å². The van der Waals surface area contributed by atoms with E-state index < -0.39 is 6.10 Å². The molecule has 5 nitrogen and oxygen atoms in total. The van der Waals surface area contributed by atoms with E-state index in [-0.39, 0.29) is 25.2 Å². The molecule has 1 unspecified atom stereocenters. The molecular formula is C45H76O5. The molecule has 0 spiro atoms. The summed E-state index contributed by atoms with van der Waals surface area (Å²) in [5, 5.41) is 0. The molecule has 0 fully saturated rings. The minimum atomic E-state index is -0.574. The second kappa shape index (κ2) is 40.8. The van der Waals surface area contributed by atoms with Crippen LogP contribution in [0.25, 0.3) is 0 Å². The van der Waals surface area contributed by atoms with E-state index in [1.807, 2.05) is 0 Å². The number of esters is 2. The van der Waals surface area contributed by atoms with E-state index in [0.29, 0.717) is 19.4 Å². The van der Waals surface area contributed by atoms with Crippen molar-refractivity contribution in [3.63, 3.8) is 0 Å². The summed E-state index contributed by atoms with van der Waals surface area (Å²) in [7, 11) is 0. The predicted octanol–water partition coefficient (Wildman–Crippen LogP) is 13.2. The maximum absolute atomic E-state index is 12.5. The first-order chi connectivity index (χ1) is 24.6. The molecule has 5 heteroatoms. The Labute approximate surface area is 308 Å². The fourth-order valence-corrected chi connectivity index (χ4v) is 5.21. The number of carbonyl (C=O) groups excluding carboxylic acids is 2. The van der Waals surface area contributed by atoms with Crippen molar-refractivity contribution in [1.29, 1.82) is 0 Å². The quantitative estimate of drug-likeness (QED) is 0.0371. The lowest BCUT2D eigenvalue weighted by atomic mass is 10.1. The third kappa shape index (κ3) is 38.1. The van der Waals surface area contributed by atoms with Crippen LogP contribution in [-0.2, 0) is 23.8 Å². The molecule has 0 radical (unpaired) electrons. The molecule has 0 amide bonds. The van der Waals surface area contributed by atoms with Gasteiger partial charge in [-0.15, -0.1) is 0 Å². The van der Waals surface area contributed by atoms with E-state index in [1.165, 1.54) is 57.8 Å². The molecule has 0 aromatic heterocycles. The van der Waals surface area contributed by atoms with Crippen LogP contribution in [0.3, 0.4) is 0 Å². The molecule has 0 aliphatic rings. The van der Waals surface area contributed by atoms with Crippen molar-refractivity contribution in [2.24, 2.45) is 0 Å². The van der Waals surface area contributed by atoms with Crippen LogP contribution in [0.5, 0.6) is 0 Å². The van der Waals surface area contributed by atoms with Crippen molar-refractivity contribution in [2.45, 2.75) is 181 Å². The van der Waals surface area contributed by atoms with Crippen LogP contribution in [0.4, 0.5) is 0 Å². The smallest absolute Gasteiger partial charge is 0.306 e. The minimum absolute atomic E-state index is 0.0485. The van der Waals surface area contributed by atoms with E-state index >= 15 is 0 Å². The zero-order valence-electron chi connectivity index (χ0n) is 32.6. The van der Waals surface area contributed by atoms with Crippen molar-refractivity contribution < 1.29 is 23.8 Å². The Morgan fingerprint density at radius 3 is 1.46 bits per heavy atom. The van der Waals surface area contributed by atoms with E-state index in [0.717, 1.165) is 83.5 Å². The summed E-state index contributed by atoms with van der Waals surface area (Å²) >= 11 is 0. The molecule has 0 aromatic rings. The Morgan fingerprint density at radius 2 is 0.900 bits per heavy atom. The molecule has 0 aromatic carbocycles. The summed E-state index contributed by atoms with van der Waals surface area (Å²) in [6.07, 6.45) is 50.8. The van der Waals surface area contributed by atoms with E-state index in [2.05, 4.69) is 93.7 Å². The van der Waals surface area contributed by atoms with Gasteiger partial charge in [0.25, 0.3) is 0 Å². The van der Waals surface area contributed by atoms with E-state index in [1.54, 1.807) is 0 Å². The summed E-state index contributed by atoms with van der Waals surface area (Å²) in [5.41, 5.74) is 0. The average molecular weight is 697 g/mol. The molecule has 50 heavy (non-hydrogen) atoms. The van der Waals surface area contributed by atoms with Gasteiger partial charge < -0.3 is 14.2 Å². The van der Waals surface area contributed by atoms with E-state index in [9.17, 15) is 9.59 Å². The number of carbonyl (C=O) groups is 2. The first-order valence-corrected chi connectivity index (χ1v) is 20.5. The normalized spacial score (nSPS) is 12.9. The van der Waals surface area contributed by atoms with Crippen LogP contribution < -0.4 is 0 Å². The number of rotatable bonds is 36. The van der Waals surface area contributed by atoms with Gasteiger partial charge in [-0.3, -0.25) is 9.59 Å². The number of hydrogen-bond donors (Lipinski definition) is 0. The van der Waals surface area contributed by atoms with Crippen molar-refractivity contribution >= 4 is 11.9 Å². The van der Waals surface area contributed by atoms with Crippen molar-refractivity contribution in [3.8, 4) is 0 Å². The number of ether oxygens (including phenoxy) is 3.